The molecule has 0 unspecified atom stereocenters. The van der Waals surface area contributed by atoms with Crippen LogP contribution in [0, 0.1) is 0 Å². The van der Waals surface area contributed by atoms with Gasteiger partial charge in [0.1, 0.15) is 0 Å². The number of carbonyl (C=O) groups is 2. The largest absolute Gasteiger partial charge is 0.348 e. The molecule has 1 aromatic heterocycles. The molecule has 3 aromatic rings. The van der Waals surface area contributed by atoms with Gasteiger partial charge >= 0.3 is 0 Å². The minimum Gasteiger partial charge on any atom is -0.348 e. The summed E-state index contributed by atoms with van der Waals surface area (Å²) in [7, 11) is 1.91. The summed E-state index contributed by atoms with van der Waals surface area (Å²) in [6, 6.07) is 10.7. The molecule has 2 heterocycles. The lowest BCUT2D eigenvalue weighted by molar-refractivity contribution is 0.0964. The molecular formula is C17H14N4O2. The highest BCUT2D eigenvalue weighted by Gasteiger charge is 2.22. The molecule has 0 bridgehead atoms. The predicted molar refractivity (Wildman–Crippen MR) is 86.3 cm³/mol. The van der Waals surface area contributed by atoms with E-state index in [0.717, 1.165) is 16.6 Å². The van der Waals surface area contributed by atoms with E-state index in [1.54, 1.807) is 36.7 Å². The lowest BCUT2D eigenvalue weighted by Crippen LogP contribution is -2.13. The van der Waals surface area contributed by atoms with Crippen molar-refractivity contribution >= 4 is 28.5 Å². The molecular weight excluding hydrogens is 292 g/mol. The minimum atomic E-state index is -0.217. The smallest absolute Gasteiger partial charge is 0.255 e. The van der Waals surface area contributed by atoms with Crippen LogP contribution in [-0.2, 0) is 13.6 Å². The van der Waals surface area contributed by atoms with Crippen LogP contribution in [0.4, 0.5) is 5.69 Å². The molecule has 6 heteroatoms. The van der Waals surface area contributed by atoms with Gasteiger partial charge in [-0.15, -0.1) is 0 Å². The lowest BCUT2D eigenvalue weighted by atomic mass is 10.1. The maximum Gasteiger partial charge on any atom is 0.255 e. The van der Waals surface area contributed by atoms with Crippen molar-refractivity contribution in [1.29, 1.82) is 0 Å². The third-order valence-corrected chi connectivity index (χ3v) is 4.08. The van der Waals surface area contributed by atoms with Crippen molar-refractivity contribution in [3.8, 4) is 0 Å². The van der Waals surface area contributed by atoms with Crippen molar-refractivity contribution in [2.45, 2.75) is 6.54 Å². The van der Waals surface area contributed by atoms with Gasteiger partial charge in [-0.3, -0.25) is 9.59 Å². The number of nitrogens with one attached hydrogen (secondary N) is 2. The van der Waals surface area contributed by atoms with E-state index < -0.39 is 0 Å². The maximum absolute atomic E-state index is 12.5. The van der Waals surface area contributed by atoms with Crippen LogP contribution >= 0.6 is 0 Å². The summed E-state index contributed by atoms with van der Waals surface area (Å²) in [6.07, 6.45) is 1.72. The zero-order valence-electron chi connectivity index (χ0n) is 12.5. The van der Waals surface area contributed by atoms with Crippen LogP contribution in [0.1, 0.15) is 26.3 Å². The number of anilines is 1. The van der Waals surface area contributed by atoms with Gasteiger partial charge < -0.3 is 15.2 Å². The number of nitrogens with zero attached hydrogens (tertiary/aromatic N) is 2. The average Bonchev–Trinajstić information content (AvgIpc) is 3.12. The molecule has 0 spiro atoms. The Morgan fingerprint density at radius 3 is 3.04 bits per heavy atom. The van der Waals surface area contributed by atoms with Crippen LogP contribution in [-0.4, -0.2) is 21.4 Å². The molecule has 0 aliphatic carbocycles. The van der Waals surface area contributed by atoms with E-state index in [0.29, 0.717) is 23.4 Å². The topological polar surface area (TPSA) is 76.0 Å². The van der Waals surface area contributed by atoms with E-state index in [1.807, 2.05) is 17.7 Å². The van der Waals surface area contributed by atoms with Crippen molar-refractivity contribution < 1.29 is 9.59 Å². The highest BCUT2D eigenvalue weighted by molar-refractivity contribution is 6.08. The molecule has 2 aromatic carbocycles. The second-order valence-electron chi connectivity index (χ2n) is 5.53. The number of fused-ring (bicyclic) bond motifs is 2. The Kier molecular flexibility index (Phi) is 2.90. The van der Waals surface area contributed by atoms with E-state index in [1.165, 1.54) is 0 Å². The quantitative estimate of drug-likeness (QED) is 0.761. The lowest BCUT2D eigenvalue weighted by Gasteiger charge is -2.09. The first-order chi connectivity index (χ1) is 11.1. The van der Waals surface area contributed by atoms with E-state index in [9.17, 15) is 9.59 Å². The number of benzene rings is 2. The zero-order chi connectivity index (χ0) is 16.0. The van der Waals surface area contributed by atoms with Gasteiger partial charge in [0.25, 0.3) is 11.8 Å². The molecule has 0 saturated carbocycles. The molecule has 1 aliphatic heterocycles. The van der Waals surface area contributed by atoms with Gasteiger partial charge in [0.15, 0.2) is 0 Å². The van der Waals surface area contributed by atoms with Gasteiger partial charge in [-0.2, -0.15) is 0 Å². The molecule has 2 amide bonds. The SMILES string of the molecule is Cn1cnc2cc(C(=O)Nc3cccc4c3CNC4=O)ccc21. The first kappa shape index (κ1) is 13.5. The predicted octanol–water partition coefficient (Wildman–Crippen LogP) is 2.07. The summed E-state index contributed by atoms with van der Waals surface area (Å²) in [4.78, 5) is 28.4. The summed E-state index contributed by atoms with van der Waals surface area (Å²) in [5, 5.41) is 5.65. The highest BCUT2D eigenvalue weighted by atomic mass is 16.2. The summed E-state index contributed by atoms with van der Waals surface area (Å²) in [5.41, 5.74) is 4.37. The van der Waals surface area contributed by atoms with E-state index in [-0.39, 0.29) is 11.8 Å². The van der Waals surface area contributed by atoms with E-state index >= 15 is 0 Å². The molecule has 23 heavy (non-hydrogen) atoms. The number of carbonyl (C=O) groups excluding carboxylic acids is 2. The fourth-order valence-electron chi connectivity index (χ4n) is 2.84. The molecule has 4 rings (SSSR count). The Morgan fingerprint density at radius 2 is 2.17 bits per heavy atom. The Morgan fingerprint density at radius 1 is 1.30 bits per heavy atom. The van der Waals surface area contributed by atoms with Gasteiger partial charge in [0.05, 0.1) is 17.4 Å². The van der Waals surface area contributed by atoms with Crippen molar-refractivity contribution in [2.75, 3.05) is 5.32 Å². The molecule has 2 N–H and O–H groups in total. The average molecular weight is 306 g/mol. The van der Waals surface area contributed by atoms with Gasteiger partial charge in [0, 0.05) is 36.0 Å². The van der Waals surface area contributed by atoms with Gasteiger partial charge in [0.2, 0.25) is 0 Å². The second-order valence-corrected chi connectivity index (χ2v) is 5.53. The number of hydrogen-bond donors (Lipinski definition) is 2. The minimum absolute atomic E-state index is 0.106. The van der Waals surface area contributed by atoms with Crippen LogP contribution in [0.3, 0.4) is 0 Å². The van der Waals surface area contributed by atoms with Crippen molar-refractivity contribution in [2.24, 2.45) is 7.05 Å². The standard InChI is InChI=1S/C17H14N4O2/c1-21-9-19-14-7-10(5-6-15(14)21)16(22)20-13-4-2-3-11-12(13)8-18-17(11)23/h2-7,9H,8H2,1H3,(H,18,23)(H,20,22). The first-order valence-corrected chi connectivity index (χ1v) is 7.26. The number of aromatic nitrogens is 2. The summed E-state index contributed by atoms with van der Waals surface area (Å²) in [5.74, 6) is -0.323. The van der Waals surface area contributed by atoms with Gasteiger partial charge in [-0.1, -0.05) is 6.07 Å². The molecule has 0 atom stereocenters. The molecule has 6 nitrogen and oxygen atoms in total. The monoisotopic (exact) mass is 306 g/mol. The highest BCUT2D eigenvalue weighted by Crippen LogP contribution is 2.25. The second kappa shape index (κ2) is 4.95. The molecule has 1 aliphatic rings. The molecule has 0 radical (unpaired) electrons. The fourth-order valence-corrected chi connectivity index (χ4v) is 2.84. The van der Waals surface area contributed by atoms with Gasteiger partial charge in [-0.25, -0.2) is 4.98 Å². The van der Waals surface area contributed by atoms with Crippen LogP contribution < -0.4 is 10.6 Å². The van der Waals surface area contributed by atoms with Crippen molar-refractivity contribution in [1.82, 2.24) is 14.9 Å². The van der Waals surface area contributed by atoms with Crippen LogP contribution in [0.25, 0.3) is 11.0 Å². The zero-order valence-corrected chi connectivity index (χ0v) is 12.5. The van der Waals surface area contributed by atoms with Crippen LogP contribution in [0.2, 0.25) is 0 Å². The Labute approximate surface area is 132 Å². The molecule has 114 valence electrons. The van der Waals surface area contributed by atoms with Crippen molar-refractivity contribution in [3.63, 3.8) is 0 Å². The van der Waals surface area contributed by atoms with E-state index in [4.69, 9.17) is 0 Å². The normalized spacial score (nSPS) is 13.0. The molecule has 0 fully saturated rings. The number of amides is 2. The number of rotatable bonds is 2. The number of imidazole rings is 1. The third kappa shape index (κ3) is 2.15. The van der Waals surface area contributed by atoms with Crippen LogP contribution in [0.5, 0.6) is 0 Å². The third-order valence-electron chi connectivity index (χ3n) is 4.08. The fraction of sp³-hybridized carbons (Fsp3) is 0.118. The first-order valence-electron chi connectivity index (χ1n) is 7.26. The van der Waals surface area contributed by atoms with Crippen LogP contribution in [0.15, 0.2) is 42.7 Å². The summed E-state index contributed by atoms with van der Waals surface area (Å²) >= 11 is 0. The van der Waals surface area contributed by atoms with E-state index in [2.05, 4.69) is 15.6 Å². The Hall–Kier alpha value is -3.15. The number of aryl methyl sites for hydroxylation is 1. The summed E-state index contributed by atoms with van der Waals surface area (Å²) in [6.45, 7) is 0.434. The maximum atomic E-state index is 12.5. The summed E-state index contributed by atoms with van der Waals surface area (Å²) < 4.78 is 1.90. The van der Waals surface area contributed by atoms with Gasteiger partial charge in [-0.05, 0) is 30.3 Å². The van der Waals surface area contributed by atoms with Crippen molar-refractivity contribution in [3.05, 3.63) is 59.4 Å². The Balaban J connectivity index is 1.66. The number of hydrogen-bond acceptors (Lipinski definition) is 3. The Bertz CT molecular complexity index is 958. The molecule has 0 saturated heterocycles.